The van der Waals surface area contributed by atoms with E-state index in [2.05, 4.69) is 20.4 Å². The highest BCUT2D eigenvalue weighted by Gasteiger charge is 2.57. The van der Waals surface area contributed by atoms with Crippen molar-refractivity contribution < 1.29 is 48.0 Å². The summed E-state index contributed by atoms with van der Waals surface area (Å²) in [5.74, 6) is -3.63. The molecule has 2 aromatic rings. The third-order valence-electron chi connectivity index (χ3n) is 6.11. The highest BCUT2D eigenvalue weighted by molar-refractivity contribution is 6.26. The van der Waals surface area contributed by atoms with E-state index < -0.39 is 41.1 Å². The Labute approximate surface area is 230 Å². The number of hydrogen-bond acceptors (Lipinski definition) is 10. The summed E-state index contributed by atoms with van der Waals surface area (Å²) in [6, 6.07) is 18.0. The molecule has 1 aliphatic carbocycles. The maximum Gasteiger partial charge on any atom is 0.407 e. The van der Waals surface area contributed by atoms with Crippen LogP contribution in [0.4, 0.5) is 9.59 Å². The largest absolute Gasteiger partial charge is 0.445 e. The molecule has 3 rings (SSSR count). The van der Waals surface area contributed by atoms with Crippen LogP contribution in [-0.4, -0.2) is 48.8 Å². The Morgan fingerprint density at radius 3 is 1.73 bits per heavy atom. The second kappa shape index (κ2) is 15.0. The molecule has 0 bridgehead atoms. The van der Waals surface area contributed by atoms with Gasteiger partial charge in [0.25, 0.3) is 0 Å². The number of alkyl carbamates (subject to hydrolysis) is 2. The van der Waals surface area contributed by atoms with Gasteiger partial charge in [0.15, 0.2) is 17.0 Å². The molecule has 1 aliphatic rings. The van der Waals surface area contributed by atoms with Crippen molar-refractivity contribution in [1.82, 2.24) is 10.6 Å². The molecule has 12 heteroatoms. The minimum atomic E-state index is -2.18. The van der Waals surface area contributed by atoms with Gasteiger partial charge in [0.05, 0.1) is 6.42 Å². The van der Waals surface area contributed by atoms with E-state index in [1.807, 2.05) is 24.3 Å². The van der Waals surface area contributed by atoms with Crippen LogP contribution >= 0.6 is 0 Å². The number of ether oxygens (including phenoxy) is 2. The average molecular weight is 555 g/mol. The summed E-state index contributed by atoms with van der Waals surface area (Å²) in [4.78, 5) is 82.6. The Balaban J connectivity index is 1.37. The van der Waals surface area contributed by atoms with E-state index in [0.717, 1.165) is 11.1 Å². The van der Waals surface area contributed by atoms with Crippen LogP contribution in [-0.2, 0) is 51.6 Å². The summed E-state index contributed by atoms with van der Waals surface area (Å²) in [6.45, 7) is -0.0455. The van der Waals surface area contributed by atoms with Crippen LogP contribution in [0.1, 0.15) is 43.2 Å². The molecule has 0 spiro atoms. The van der Waals surface area contributed by atoms with Crippen molar-refractivity contribution in [2.45, 2.75) is 45.3 Å². The molecular formula is C28H30N2O10. The number of carbonyl (C=O) groups is 6. The standard InChI is InChI=1S/C28H30N2O10/c31-22-13-14-23(32)28(22,15-17-30-27(36)38-19-21-10-5-2-6-11-21)25(34)40-39-24(33)12-7-16-29-26(35)37-18-20-8-3-1-4-9-20/h1-6,8-11H,7,12-19H2,(H,29,35)(H,30,36). The summed E-state index contributed by atoms with van der Waals surface area (Å²) >= 11 is 0. The predicted octanol–water partition coefficient (Wildman–Crippen LogP) is 2.93. The molecule has 0 aromatic heterocycles. The molecule has 0 aliphatic heterocycles. The van der Waals surface area contributed by atoms with E-state index >= 15 is 0 Å². The lowest BCUT2D eigenvalue weighted by molar-refractivity contribution is -0.264. The molecule has 1 saturated carbocycles. The number of rotatable bonds is 12. The summed E-state index contributed by atoms with van der Waals surface area (Å²) in [5, 5.41) is 4.88. The quantitative estimate of drug-likeness (QED) is 0.173. The van der Waals surface area contributed by atoms with Crippen LogP contribution in [0.25, 0.3) is 0 Å². The number of hydrogen-bond donors (Lipinski definition) is 2. The molecule has 0 saturated heterocycles. The van der Waals surface area contributed by atoms with Gasteiger partial charge in [-0.25, -0.2) is 29.0 Å². The molecule has 1 fully saturated rings. The number of Topliss-reactive ketones (excluding diaryl/α,β-unsaturated/α-hetero) is 2. The molecule has 0 unspecified atom stereocenters. The molecule has 40 heavy (non-hydrogen) atoms. The van der Waals surface area contributed by atoms with Gasteiger partial charge in [0, 0.05) is 25.9 Å². The summed E-state index contributed by atoms with van der Waals surface area (Å²) in [6.07, 6.45) is -2.27. The number of amides is 2. The summed E-state index contributed by atoms with van der Waals surface area (Å²) < 4.78 is 10.1. The third kappa shape index (κ3) is 8.65. The first-order valence-electron chi connectivity index (χ1n) is 12.7. The molecule has 2 N–H and O–H groups in total. The lowest BCUT2D eigenvalue weighted by Crippen LogP contribution is -2.45. The van der Waals surface area contributed by atoms with Gasteiger partial charge in [-0.1, -0.05) is 60.7 Å². The van der Waals surface area contributed by atoms with E-state index in [-0.39, 0.29) is 58.4 Å². The summed E-state index contributed by atoms with van der Waals surface area (Å²) in [5.41, 5.74) is -0.602. The van der Waals surface area contributed by atoms with Crippen molar-refractivity contribution in [3.05, 3.63) is 71.8 Å². The van der Waals surface area contributed by atoms with E-state index in [1.165, 1.54) is 0 Å². The molecule has 0 atom stereocenters. The Bertz CT molecular complexity index is 1180. The van der Waals surface area contributed by atoms with Gasteiger partial charge in [-0.15, -0.1) is 0 Å². The normalized spacial score (nSPS) is 13.7. The highest BCUT2D eigenvalue weighted by atomic mass is 17.2. The number of carbonyl (C=O) groups excluding carboxylic acids is 6. The first kappa shape index (κ1) is 29.8. The number of ketones is 2. The highest BCUT2D eigenvalue weighted by Crippen LogP contribution is 2.36. The SMILES string of the molecule is O=C(CCCNC(=O)OCc1ccccc1)OOC(=O)C1(CCNC(=O)OCc2ccccc2)C(=O)CCC1=O. The van der Waals surface area contributed by atoms with Crippen molar-refractivity contribution in [3.63, 3.8) is 0 Å². The fourth-order valence-corrected chi connectivity index (χ4v) is 3.94. The summed E-state index contributed by atoms with van der Waals surface area (Å²) in [7, 11) is 0. The minimum absolute atomic E-state index is 0.0120. The zero-order chi connectivity index (χ0) is 28.8. The maximum atomic E-state index is 12.7. The Kier molecular flexibility index (Phi) is 11.2. The molecule has 212 valence electrons. The minimum Gasteiger partial charge on any atom is -0.445 e. The van der Waals surface area contributed by atoms with Crippen LogP contribution in [0.3, 0.4) is 0 Å². The molecule has 2 amide bonds. The first-order valence-corrected chi connectivity index (χ1v) is 12.7. The topological polar surface area (TPSA) is 163 Å². The number of nitrogens with one attached hydrogen (secondary N) is 2. The van der Waals surface area contributed by atoms with Crippen LogP contribution in [0.15, 0.2) is 60.7 Å². The van der Waals surface area contributed by atoms with E-state index in [1.54, 1.807) is 36.4 Å². The van der Waals surface area contributed by atoms with Crippen LogP contribution < -0.4 is 10.6 Å². The lowest BCUT2D eigenvalue weighted by atomic mass is 9.81. The van der Waals surface area contributed by atoms with Gasteiger partial charge >= 0.3 is 24.1 Å². The smallest absolute Gasteiger partial charge is 0.407 e. The Morgan fingerprint density at radius 1 is 0.700 bits per heavy atom. The number of benzene rings is 2. The van der Waals surface area contributed by atoms with Crippen LogP contribution in [0.2, 0.25) is 0 Å². The fourth-order valence-electron chi connectivity index (χ4n) is 3.94. The van der Waals surface area contributed by atoms with E-state index in [9.17, 15) is 28.8 Å². The average Bonchev–Trinajstić information content (AvgIpc) is 3.26. The van der Waals surface area contributed by atoms with E-state index in [4.69, 9.17) is 9.47 Å². The van der Waals surface area contributed by atoms with Gasteiger partial charge in [-0.05, 0) is 24.0 Å². The molecular weight excluding hydrogens is 524 g/mol. The Morgan fingerprint density at radius 2 is 1.20 bits per heavy atom. The maximum absolute atomic E-state index is 12.7. The van der Waals surface area contributed by atoms with Gasteiger partial charge in [0.2, 0.25) is 0 Å². The van der Waals surface area contributed by atoms with Gasteiger partial charge in [-0.2, -0.15) is 0 Å². The van der Waals surface area contributed by atoms with Crippen LogP contribution in [0.5, 0.6) is 0 Å². The van der Waals surface area contributed by atoms with E-state index in [0.29, 0.717) is 0 Å². The first-order chi connectivity index (χ1) is 19.3. The zero-order valence-electron chi connectivity index (χ0n) is 21.7. The fraction of sp³-hybridized carbons (Fsp3) is 0.357. The second-order valence-corrected chi connectivity index (χ2v) is 8.91. The molecule has 0 heterocycles. The van der Waals surface area contributed by atoms with Gasteiger partial charge in [0.1, 0.15) is 13.2 Å². The Hall–Kier alpha value is -4.74. The van der Waals surface area contributed by atoms with Crippen molar-refractivity contribution in [2.24, 2.45) is 5.41 Å². The van der Waals surface area contributed by atoms with Gasteiger partial charge in [-0.3, -0.25) is 9.59 Å². The second-order valence-electron chi connectivity index (χ2n) is 8.91. The van der Waals surface area contributed by atoms with Crippen molar-refractivity contribution >= 4 is 35.7 Å². The molecule has 12 nitrogen and oxygen atoms in total. The van der Waals surface area contributed by atoms with Crippen molar-refractivity contribution in [3.8, 4) is 0 Å². The van der Waals surface area contributed by atoms with Crippen molar-refractivity contribution in [2.75, 3.05) is 13.1 Å². The lowest BCUT2D eigenvalue weighted by Gasteiger charge is -2.22. The van der Waals surface area contributed by atoms with Crippen LogP contribution in [0, 0.1) is 5.41 Å². The monoisotopic (exact) mass is 554 g/mol. The van der Waals surface area contributed by atoms with Gasteiger partial charge < -0.3 is 20.1 Å². The third-order valence-corrected chi connectivity index (χ3v) is 6.11. The molecule has 0 radical (unpaired) electrons. The molecule has 2 aromatic carbocycles. The zero-order valence-corrected chi connectivity index (χ0v) is 21.7. The van der Waals surface area contributed by atoms with Crippen molar-refractivity contribution in [1.29, 1.82) is 0 Å². The predicted molar refractivity (Wildman–Crippen MR) is 137 cm³/mol.